The number of rotatable bonds is 4. The van der Waals surface area contributed by atoms with Crippen molar-refractivity contribution >= 4 is 45.1 Å². The van der Waals surface area contributed by atoms with Crippen LogP contribution < -0.4 is 5.32 Å². The van der Waals surface area contributed by atoms with Crippen molar-refractivity contribution in [2.45, 2.75) is 38.3 Å². The largest absolute Gasteiger partial charge is 0.378 e. The molecule has 4 heterocycles. The van der Waals surface area contributed by atoms with Gasteiger partial charge in [-0.3, -0.25) is 9.78 Å². The molecular weight excluding hydrogens is 416 g/mol. The van der Waals surface area contributed by atoms with E-state index in [1.54, 1.807) is 18.6 Å². The molecule has 1 saturated heterocycles. The number of nitrogens with one attached hydrogen (secondary N) is 1. The average molecular weight is 437 g/mol. The van der Waals surface area contributed by atoms with Crippen LogP contribution >= 0.6 is 11.6 Å². The summed E-state index contributed by atoms with van der Waals surface area (Å²) in [6.45, 7) is 2.74. The van der Waals surface area contributed by atoms with E-state index in [-0.39, 0.29) is 24.5 Å². The van der Waals surface area contributed by atoms with Crippen LogP contribution in [0, 0.1) is 0 Å². The monoisotopic (exact) mass is 436 g/mol. The molecule has 0 bridgehead atoms. The second-order valence-electron chi connectivity index (χ2n) is 7.76. The molecule has 1 aromatic carbocycles. The summed E-state index contributed by atoms with van der Waals surface area (Å²) < 4.78 is 7.95. The third-order valence-electron chi connectivity index (χ3n) is 5.54. The van der Waals surface area contributed by atoms with E-state index < -0.39 is 0 Å². The van der Waals surface area contributed by atoms with Crippen LogP contribution in [0.4, 0.5) is 5.69 Å². The molecule has 1 N–H and O–H groups in total. The summed E-state index contributed by atoms with van der Waals surface area (Å²) in [5.74, 6) is 0.513. The number of hydrogen-bond donors (Lipinski definition) is 1. The standard InChI is InChI=1S/C22H21ClN6O2/c1-13-6-16(4-5-31-13)29-20(8-21(30)27-15-9-24-12-25-10-15)28-19-11-26-18-3-2-14(23)7-17(18)22(19)29/h2-3,7,9-13,16H,4-6,8H2,1H3,(H,27,30)/t13-,16-/m1/s1. The SMILES string of the molecule is C[C@@H]1C[C@H](n2c(CC(=O)Nc3cncnc3)nc3cnc4ccc(Cl)cc4c32)CCO1. The molecule has 3 aromatic heterocycles. The molecule has 0 unspecified atom stereocenters. The summed E-state index contributed by atoms with van der Waals surface area (Å²) in [7, 11) is 0. The van der Waals surface area contributed by atoms with E-state index in [1.165, 1.54) is 6.33 Å². The molecule has 158 valence electrons. The number of imidazole rings is 1. The number of benzene rings is 1. The number of hydrogen-bond acceptors (Lipinski definition) is 6. The minimum atomic E-state index is -0.179. The third kappa shape index (κ3) is 3.96. The van der Waals surface area contributed by atoms with Crippen molar-refractivity contribution in [2.24, 2.45) is 0 Å². The molecule has 0 spiro atoms. The lowest BCUT2D eigenvalue weighted by Gasteiger charge is -2.30. The number of nitrogens with zero attached hydrogens (tertiary/aromatic N) is 5. The number of carbonyl (C=O) groups excluding carboxylic acids is 1. The number of fused-ring (bicyclic) bond motifs is 3. The van der Waals surface area contributed by atoms with E-state index in [4.69, 9.17) is 21.3 Å². The average Bonchev–Trinajstić information content (AvgIpc) is 3.12. The Morgan fingerprint density at radius 3 is 2.90 bits per heavy atom. The fourth-order valence-corrected chi connectivity index (χ4v) is 4.41. The predicted octanol–water partition coefficient (Wildman–Crippen LogP) is 3.95. The molecule has 9 heteroatoms. The molecule has 8 nitrogen and oxygen atoms in total. The quantitative estimate of drug-likeness (QED) is 0.520. The highest BCUT2D eigenvalue weighted by atomic mass is 35.5. The molecule has 2 atom stereocenters. The zero-order valence-corrected chi connectivity index (χ0v) is 17.7. The van der Waals surface area contributed by atoms with Crippen LogP contribution in [0.3, 0.4) is 0 Å². The van der Waals surface area contributed by atoms with Crippen LogP contribution in [0.15, 0.2) is 43.1 Å². The van der Waals surface area contributed by atoms with Crippen molar-refractivity contribution in [3.05, 3.63) is 54.0 Å². The van der Waals surface area contributed by atoms with Gasteiger partial charge in [-0.1, -0.05) is 11.6 Å². The number of carbonyl (C=O) groups is 1. The van der Waals surface area contributed by atoms with Crippen molar-refractivity contribution in [1.82, 2.24) is 24.5 Å². The number of ether oxygens (including phenoxy) is 1. The highest BCUT2D eigenvalue weighted by Crippen LogP contribution is 2.34. The molecular formula is C22H21ClN6O2. The Balaban J connectivity index is 1.61. The zero-order valence-electron chi connectivity index (χ0n) is 17.0. The van der Waals surface area contributed by atoms with Gasteiger partial charge in [0.25, 0.3) is 0 Å². The molecule has 1 fully saturated rings. The summed E-state index contributed by atoms with van der Waals surface area (Å²) in [5, 5.41) is 4.41. The van der Waals surface area contributed by atoms with Crippen LogP contribution in [0.5, 0.6) is 0 Å². The topological polar surface area (TPSA) is 94.8 Å². The Hall–Kier alpha value is -3.10. The second kappa shape index (κ2) is 8.20. The van der Waals surface area contributed by atoms with Gasteiger partial charge in [-0.05, 0) is 38.0 Å². The van der Waals surface area contributed by atoms with Gasteiger partial charge < -0.3 is 14.6 Å². The van der Waals surface area contributed by atoms with E-state index in [1.807, 2.05) is 18.2 Å². The maximum atomic E-state index is 12.8. The number of anilines is 1. The first-order chi connectivity index (χ1) is 15.1. The Morgan fingerprint density at radius 1 is 1.26 bits per heavy atom. The van der Waals surface area contributed by atoms with Gasteiger partial charge in [-0.25, -0.2) is 15.0 Å². The molecule has 0 saturated carbocycles. The molecule has 0 radical (unpaired) electrons. The zero-order chi connectivity index (χ0) is 21.4. The van der Waals surface area contributed by atoms with Crippen LogP contribution in [0.25, 0.3) is 21.9 Å². The Kier molecular flexibility index (Phi) is 5.25. The van der Waals surface area contributed by atoms with Crippen molar-refractivity contribution in [3.8, 4) is 0 Å². The second-order valence-corrected chi connectivity index (χ2v) is 8.20. The van der Waals surface area contributed by atoms with Crippen molar-refractivity contribution in [2.75, 3.05) is 11.9 Å². The number of pyridine rings is 1. The number of aromatic nitrogens is 5. The van der Waals surface area contributed by atoms with Gasteiger partial charge in [0.1, 0.15) is 17.7 Å². The smallest absolute Gasteiger partial charge is 0.232 e. The molecule has 31 heavy (non-hydrogen) atoms. The lowest BCUT2D eigenvalue weighted by Crippen LogP contribution is -2.27. The van der Waals surface area contributed by atoms with Gasteiger partial charge in [0, 0.05) is 23.1 Å². The Labute approximate surface area is 183 Å². The highest BCUT2D eigenvalue weighted by molar-refractivity contribution is 6.31. The van der Waals surface area contributed by atoms with Crippen LogP contribution in [0.2, 0.25) is 5.02 Å². The van der Waals surface area contributed by atoms with Gasteiger partial charge in [-0.2, -0.15) is 0 Å². The summed E-state index contributed by atoms with van der Waals surface area (Å²) in [5.41, 5.74) is 3.10. The van der Waals surface area contributed by atoms with Gasteiger partial charge >= 0.3 is 0 Å². The van der Waals surface area contributed by atoms with Crippen molar-refractivity contribution < 1.29 is 9.53 Å². The minimum Gasteiger partial charge on any atom is -0.378 e. The molecule has 1 aliphatic heterocycles. The van der Waals surface area contributed by atoms with Crippen molar-refractivity contribution in [1.29, 1.82) is 0 Å². The van der Waals surface area contributed by atoms with Gasteiger partial charge in [0.15, 0.2) is 0 Å². The fourth-order valence-electron chi connectivity index (χ4n) is 4.24. The minimum absolute atomic E-state index is 0.122. The van der Waals surface area contributed by atoms with E-state index in [0.29, 0.717) is 23.1 Å². The Morgan fingerprint density at radius 2 is 2.10 bits per heavy atom. The maximum absolute atomic E-state index is 12.8. The normalized spacial score (nSPS) is 19.0. The first-order valence-corrected chi connectivity index (χ1v) is 10.6. The maximum Gasteiger partial charge on any atom is 0.232 e. The predicted molar refractivity (Wildman–Crippen MR) is 118 cm³/mol. The van der Waals surface area contributed by atoms with E-state index in [0.717, 1.165) is 34.8 Å². The summed E-state index contributed by atoms with van der Waals surface area (Å²) in [6.07, 6.45) is 8.26. The van der Waals surface area contributed by atoms with Crippen LogP contribution in [-0.4, -0.2) is 43.1 Å². The molecule has 0 aliphatic carbocycles. The van der Waals surface area contributed by atoms with Crippen LogP contribution in [0.1, 0.15) is 31.6 Å². The molecule has 1 amide bonds. The lowest BCUT2D eigenvalue weighted by molar-refractivity contribution is -0.115. The summed E-state index contributed by atoms with van der Waals surface area (Å²) >= 11 is 6.31. The first-order valence-electron chi connectivity index (χ1n) is 10.2. The summed E-state index contributed by atoms with van der Waals surface area (Å²) in [6, 6.07) is 5.82. The van der Waals surface area contributed by atoms with E-state index >= 15 is 0 Å². The molecule has 5 rings (SSSR count). The molecule has 1 aliphatic rings. The van der Waals surface area contributed by atoms with Gasteiger partial charge in [0.2, 0.25) is 5.91 Å². The number of halogens is 1. The Bertz CT molecular complexity index is 1260. The fraction of sp³-hybridized carbons (Fsp3) is 0.318. The highest BCUT2D eigenvalue weighted by Gasteiger charge is 2.27. The summed E-state index contributed by atoms with van der Waals surface area (Å²) in [4.78, 5) is 30.0. The lowest BCUT2D eigenvalue weighted by atomic mass is 10.0. The van der Waals surface area contributed by atoms with E-state index in [9.17, 15) is 4.79 Å². The third-order valence-corrected chi connectivity index (χ3v) is 5.77. The van der Waals surface area contributed by atoms with Crippen LogP contribution in [-0.2, 0) is 16.0 Å². The van der Waals surface area contributed by atoms with Gasteiger partial charge in [-0.15, -0.1) is 0 Å². The van der Waals surface area contributed by atoms with Crippen molar-refractivity contribution in [3.63, 3.8) is 0 Å². The van der Waals surface area contributed by atoms with Gasteiger partial charge in [0.05, 0.1) is 47.8 Å². The van der Waals surface area contributed by atoms with E-state index in [2.05, 4.69) is 31.8 Å². The first kappa shape index (κ1) is 19.8. The number of amides is 1. The molecule has 4 aromatic rings.